The standard InChI is InChI=1S/C27H35N3O8/c1-8-36-25(33)21-17(6)29-18(7)22(26(34)37-9-2)23(21)27(35)38-13-20(32)28-12-19(31)30-24-15(4)10-14(3)11-16(24)5/h10-11,23,29H,8-9,12-13H2,1-7H3,(H,28,32)(H,30,31). The number of nitrogens with one attached hydrogen (secondary N) is 3. The molecule has 0 aromatic heterocycles. The van der Waals surface area contributed by atoms with Gasteiger partial charge in [0.1, 0.15) is 5.92 Å². The molecule has 0 saturated heterocycles. The molecule has 0 bridgehead atoms. The van der Waals surface area contributed by atoms with Crippen molar-refractivity contribution in [2.75, 3.05) is 31.7 Å². The van der Waals surface area contributed by atoms with Gasteiger partial charge < -0.3 is 30.2 Å². The Hall–Kier alpha value is -4.15. The first-order valence-electron chi connectivity index (χ1n) is 12.2. The van der Waals surface area contributed by atoms with Crippen LogP contribution in [0.5, 0.6) is 0 Å². The number of esters is 3. The average molecular weight is 530 g/mol. The summed E-state index contributed by atoms with van der Waals surface area (Å²) in [5.74, 6) is -5.28. The van der Waals surface area contributed by atoms with Crippen LogP contribution in [0, 0.1) is 26.7 Å². The fraction of sp³-hybridized carbons (Fsp3) is 0.444. The second kappa shape index (κ2) is 13.4. The lowest BCUT2D eigenvalue weighted by Crippen LogP contribution is -2.40. The Bertz CT molecular complexity index is 1140. The van der Waals surface area contributed by atoms with Crippen LogP contribution in [0.25, 0.3) is 0 Å². The fourth-order valence-corrected chi connectivity index (χ4v) is 4.20. The third-order valence-electron chi connectivity index (χ3n) is 5.72. The summed E-state index contributed by atoms with van der Waals surface area (Å²) < 4.78 is 15.3. The number of hydrogen-bond donors (Lipinski definition) is 3. The average Bonchev–Trinajstić information content (AvgIpc) is 2.83. The molecule has 0 saturated carbocycles. The molecule has 1 aromatic rings. The molecule has 0 atom stereocenters. The van der Waals surface area contributed by atoms with Crippen LogP contribution in [-0.2, 0) is 38.2 Å². The van der Waals surface area contributed by atoms with Crippen LogP contribution >= 0.6 is 0 Å². The Morgan fingerprint density at radius 3 is 1.76 bits per heavy atom. The predicted molar refractivity (Wildman–Crippen MR) is 139 cm³/mol. The summed E-state index contributed by atoms with van der Waals surface area (Å²) in [6.07, 6.45) is 0. The van der Waals surface area contributed by atoms with Crippen LogP contribution in [0.2, 0.25) is 0 Å². The number of anilines is 1. The summed E-state index contributed by atoms with van der Waals surface area (Å²) in [7, 11) is 0. The quantitative estimate of drug-likeness (QED) is 0.306. The monoisotopic (exact) mass is 529 g/mol. The smallest absolute Gasteiger partial charge is 0.337 e. The van der Waals surface area contributed by atoms with E-state index in [4.69, 9.17) is 14.2 Å². The second-order valence-electron chi connectivity index (χ2n) is 8.78. The lowest BCUT2D eigenvalue weighted by molar-refractivity contribution is -0.154. The molecule has 2 amide bonds. The SMILES string of the molecule is CCOC(=O)C1=C(C)NC(C)=C(C(=O)OCC)C1C(=O)OCC(=O)NCC(=O)Nc1c(C)cc(C)cc1C. The zero-order chi connectivity index (χ0) is 28.6. The Kier molecular flexibility index (Phi) is 10.6. The molecule has 0 spiro atoms. The van der Waals surface area contributed by atoms with E-state index in [2.05, 4.69) is 16.0 Å². The highest BCUT2D eigenvalue weighted by Gasteiger charge is 2.42. The van der Waals surface area contributed by atoms with Crippen molar-refractivity contribution in [2.24, 2.45) is 5.92 Å². The molecular formula is C27H35N3O8. The van der Waals surface area contributed by atoms with Crippen molar-refractivity contribution < 1.29 is 38.2 Å². The minimum Gasteiger partial charge on any atom is -0.463 e. The summed E-state index contributed by atoms with van der Waals surface area (Å²) in [5, 5.41) is 8.05. The van der Waals surface area contributed by atoms with Crippen molar-refractivity contribution in [1.82, 2.24) is 10.6 Å². The van der Waals surface area contributed by atoms with Crippen LogP contribution < -0.4 is 16.0 Å². The third kappa shape index (κ3) is 7.44. The van der Waals surface area contributed by atoms with Gasteiger partial charge in [0.25, 0.3) is 5.91 Å². The highest BCUT2D eigenvalue weighted by atomic mass is 16.5. The number of dihydropyridines is 1. The van der Waals surface area contributed by atoms with Crippen LogP contribution in [0.4, 0.5) is 5.69 Å². The van der Waals surface area contributed by atoms with Crippen molar-refractivity contribution in [3.05, 3.63) is 51.4 Å². The predicted octanol–water partition coefficient (Wildman–Crippen LogP) is 2.10. The minimum atomic E-state index is -1.46. The summed E-state index contributed by atoms with van der Waals surface area (Å²) in [6, 6.07) is 3.87. The fourth-order valence-electron chi connectivity index (χ4n) is 4.20. The van der Waals surface area contributed by atoms with E-state index in [9.17, 15) is 24.0 Å². The largest absolute Gasteiger partial charge is 0.463 e. The normalized spacial score (nSPS) is 13.4. The highest BCUT2D eigenvalue weighted by molar-refractivity contribution is 6.06. The molecule has 1 aliphatic rings. The molecule has 0 radical (unpaired) electrons. The van der Waals surface area contributed by atoms with Gasteiger partial charge in [0.15, 0.2) is 6.61 Å². The Morgan fingerprint density at radius 2 is 1.29 bits per heavy atom. The second-order valence-corrected chi connectivity index (χ2v) is 8.78. The van der Waals surface area contributed by atoms with E-state index >= 15 is 0 Å². The highest BCUT2D eigenvalue weighted by Crippen LogP contribution is 2.32. The number of amides is 2. The van der Waals surface area contributed by atoms with E-state index in [-0.39, 0.29) is 30.9 Å². The van der Waals surface area contributed by atoms with Gasteiger partial charge >= 0.3 is 17.9 Å². The molecule has 1 aliphatic heterocycles. The maximum Gasteiger partial charge on any atom is 0.337 e. The molecular weight excluding hydrogens is 494 g/mol. The number of ether oxygens (including phenoxy) is 3. The topological polar surface area (TPSA) is 149 Å². The van der Waals surface area contributed by atoms with E-state index in [0.717, 1.165) is 16.7 Å². The molecule has 1 heterocycles. The Labute approximate surface area is 222 Å². The van der Waals surface area contributed by atoms with Gasteiger partial charge in [-0.25, -0.2) is 9.59 Å². The van der Waals surface area contributed by atoms with Gasteiger partial charge in [-0.15, -0.1) is 0 Å². The molecule has 38 heavy (non-hydrogen) atoms. The van der Waals surface area contributed by atoms with Crippen molar-refractivity contribution in [3.63, 3.8) is 0 Å². The molecule has 3 N–H and O–H groups in total. The molecule has 0 aliphatic carbocycles. The number of benzene rings is 1. The van der Waals surface area contributed by atoms with Gasteiger partial charge in [0, 0.05) is 17.1 Å². The first-order chi connectivity index (χ1) is 17.9. The number of rotatable bonds is 10. The molecule has 11 heteroatoms. The van der Waals surface area contributed by atoms with Gasteiger partial charge in [-0.2, -0.15) is 0 Å². The lowest BCUT2D eigenvalue weighted by Gasteiger charge is -2.28. The van der Waals surface area contributed by atoms with Crippen molar-refractivity contribution in [1.29, 1.82) is 0 Å². The van der Waals surface area contributed by atoms with Crippen LogP contribution in [0.15, 0.2) is 34.7 Å². The van der Waals surface area contributed by atoms with Crippen LogP contribution in [0.3, 0.4) is 0 Å². The van der Waals surface area contributed by atoms with Gasteiger partial charge in [-0.3, -0.25) is 14.4 Å². The molecule has 1 aromatic carbocycles. The summed E-state index contributed by atoms with van der Waals surface area (Å²) in [6.45, 7) is 11.0. The number of aryl methyl sites for hydroxylation is 3. The number of carbonyl (C=O) groups excluding carboxylic acids is 5. The van der Waals surface area contributed by atoms with Crippen molar-refractivity contribution >= 4 is 35.4 Å². The molecule has 2 rings (SSSR count). The summed E-state index contributed by atoms with van der Waals surface area (Å²) in [4.78, 5) is 63.2. The Morgan fingerprint density at radius 1 is 0.789 bits per heavy atom. The van der Waals surface area contributed by atoms with E-state index in [0.29, 0.717) is 17.1 Å². The summed E-state index contributed by atoms with van der Waals surface area (Å²) >= 11 is 0. The van der Waals surface area contributed by atoms with E-state index in [1.807, 2.05) is 32.9 Å². The molecule has 11 nitrogen and oxygen atoms in total. The lowest BCUT2D eigenvalue weighted by atomic mass is 9.85. The van der Waals surface area contributed by atoms with Crippen LogP contribution in [-0.4, -0.2) is 56.1 Å². The maximum atomic E-state index is 13.1. The van der Waals surface area contributed by atoms with E-state index < -0.39 is 42.2 Å². The first kappa shape index (κ1) is 30.1. The minimum absolute atomic E-state index is 0.0426. The van der Waals surface area contributed by atoms with Gasteiger partial charge in [-0.1, -0.05) is 17.7 Å². The summed E-state index contributed by atoms with van der Waals surface area (Å²) in [5.41, 5.74) is 3.88. The number of hydrogen-bond acceptors (Lipinski definition) is 9. The Balaban J connectivity index is 2.09. The molecule has 206 valence electrons. The third-order valence-corrected chi connectivity index (χ3v) is 5.72. The number of carbonyl (C=O) groups is 5. The van der Waals surface area contributed by atoms with Gasteiger partial charge in [0.05, 0.1) is 30.9 Å². The van der Waals surface area contributed by atoms with E-state index in [1.54, 1.807) is 27.7 Å². The van der Waals surface area contributed by atoms with Crippen molar-refractivity contribution in [3.8, 4) is 0 Å². The molecule has 0 fully saturated rings. The molecule has 0 unspecified atom stereocenters. The van der Waals surface area contributed by atoms with E-state index in [1.165, 1.54) is 0 Å². The zero-order valence-corrected chi connectivity index (χ0v) is 22.8. The van der Waals surface area contributed by atoms with Crippen LogP contribution in [0.1, 0.15) is 44.4 Å². The van der Waals surface area contributed by atoms with Gasteiger partial charge in [0.2, 0.25) is 5.91 Å². The first-order valence-corrected chi connectivity index (χ1v) is 12.2. The number of allylic oxidation sites excluding steroid dienone is 2. The zero-order valence-electron chi connectivity index (χ0n) is 22.8. The maximum absolute atomic E-state index is 13.1. The van der Waals surface area contributed by atoms with Gasteiger partial charge in [-0.05, 0) is 59.6 Å². The van der Waals surface area contributed by atoms with Crippen molar-refractivity contribution in [2.45, 2.75) is 48.5 Å².